The summed E-state index contributed by atoms with van der Waals surface area (Å²) in [5, 5.41) is 8.34. The second-order valence-electron chi connectivity index (χ2n) is 4.19. The van der Waals surface area contributed by atoms with Crippen molar-refractivity contribution in [2.45, 2.75) is 25.7 Å². The Morgan fingerprint density at radius 3 is 2.15 bits per heavy atom. The summed E-state index contributed by atoms with van der Waals surface area (Å²) in [4.78, 5) is 5.86. The Labute approximate surface area is 79.1 Å². The molecule has 2 aliphatic heterocycles. The Bertz CT molecular complexity index is 219. The number of nitriles is 1. The minimum absolute atomic E-state index is 0.851. The third-order valence-corrected chi connectivity index (χ3v) is 3.23. The van der Waals surface area contributed by atoms with Gasteiger partial charge in [-0.1, -0.05) is 0 Å². The van der Waals surface area contributed by atoms with E-state index in [9.17, 15) is 0 Å². The Kier molecular flexibility index (Phi) is 2.49. The minimum Gasteiger partial charge on any atom is -0.361 e. The first-order valence-electron chi connectivity index (χ1n) is 5.05. The van der Waals surface area contributed by atoms with E-state index in [4.69, 9.17) is 5.26 Å². The highest BCUT2D eigenvalue weighted by molar-refractivity contribution is 5.56. The highest BCUT2D eigenvalue weighted by atomic mass is 15.2. The predicted octanol–water partition coefficient (Wildman–Crippen LogP) is 1.62. The molecule has 0 N–H and O–H groups in total. The molecule has 2 bridgehead atoms. The maximum atomic E-state index is 8.34. The van der Waals surface area contributed by atoms with Crippen LogP contribution in [0, 0.1) is 23.3 Å². The Balaban J connectivity index is 2.00. The van der Waals surface area contributed by atoms with Crippen LogP contribution in [0.15, 0.2) is 4.99 Å². The van der Waals surface area contributed by atoms with Crippen molar-refractivity contribution < 1.29 is 0 Å². The molecule has 13 heavy (non-hydrogen) atoms. The van der Waals surface area contributed by atoms with Gasteiger partial charge in [0.25, 0.3) is 0 Å². The number of hydrogen-bond donors (Lipinski definition) is 0. The van der Waals surface area contributed by atoms with Gasteiger partial charge < -0.3 is 4.90 Å². The van der Waals surface area contributed by atoms with Crippen LogP contribution in [0.4, 0.5) is 0 Å². The zero-order chi connectivity index (χ0) is 9.10. The van der Waals surface area contributed by atoms with Crippen LogP contribution in [-0.2, 0) is 0 Å². The van der Waals surface area contributed by atoms with E-state index in [1.165, 1.54) is 25.7 Å². The van der Waals surface area contributed by atoms with Crippen molar-refractivity contribution >= 4 is 6.34 Å². The molecular weight excluding hydrogens is 162 g/mol. The van der Waals surface area contributed by atoms with Gasteiger partial charge >= 0.3 is 0 Å². The molecule has 0 aromatic carbocycles. The predicted molar refractivity (Wildman–Crippen MR) is 51.1 cm³/mol. The largest absolute Gasteiger partial charge is 0.361 e. The topological polar surface area (TPSA) is 39.4 Å². The summed E-state index contributed by atoms with van der Waals surface area (Å²) in [7, 11) is 0. The molecule has 0 aromatic rings. The molecule has 0 spiro atoms. The van der Waals surface area contributed by atoms with Crippen molar-refractivity contribution in [1.29, 1.82) is 5.26 Å². The highest BCUT2D eigenvalue weighted by Gasteiger charge is 2.27. The average Bonchev–Trinajstić information content (AvgIpc) is 2.46. The Morgan fingerprint density at radius 2 is 1.69 bits per heavy atom. The number of rotatable bonds is 1. The first-order valence-corrected chi connectivity index (χ1v) is 5.05. The summed E-state index contributed by atoms with van der Waals surface area (Å²) < 4.78 is 0. The van der Waals surface area contributed by atoms with Crippen LogP contribution in [-0.4, -0.2) is 24.3 Å². The van der Waals surface area contributed by atoms with Crippen molar-refractivity contribution in [2.24, 2.45) is 16.8 Å². The fourth-order valence-corrected chi connectivity index (χ4v) is 2.54. The number of nitrogens with zero attached hydrogens (tertiary/aromatic N) is 3. The molecule has 3 heteroatoms. The molecule has 0 amide bonds. The van der Waals surface area contributed by atoms with Crippen LogP contribution in [0.3, 0.4) is 0 Å². The van der Waals surface area contributed by atoms with Gasteiger partial charge in [-0.15, -0.1) is 0 Å². The van der Waals surface area contributed by atoms with E-state index in [2.05, 4.69) is 9.89 Å². The lowest BCUT2D eigenvalue weighted by molar-refractivity contribution is 0.326. The summed E-state index contributed by atoms with van der Waals surface area (Å²) in [6.07, 6.45) is 9.04. The number of fused-ring (bicyclic) bond motifs is 4. The molecule has 70 valence electrons. The fraction of sp³-hybridized carbons (Fsp3) is 0.800. The van der Waals surface area contributed by atoms with E-state index in [0.717, 1.165) is 24.9 Å². The van der Waals surface area contributed by atoms with Gasteiger partial charge in [-0.25, -0.2) is 0 Å². The first-order chi connectivity index (χ1) is 6.38. The van der Waals surface area contributed by atoms with E-state index in [0.29, 0.717) is 0 Å². The Hall–Kier alpha value is -1.04. The molecule has 2 saturated heterocycles. The average molecular weight is 177 g/mol. The van der Waals surface area contributed by atoms with Crippen molar-refractivity contribution in [3.63, 3.8) is 0 Å². The zero-order valence-electron chi connectivity index (χ0n) is 7.82. The second kappa shape index (κ2) is 3.78. The van der Waals surface area contributed by atoms with E-state index < -0.39 is 0 Å². The minimum atomic E-state index is 0.851. The van der Waals surface area contributed by atoms with Crippen molar-refractivity contribution in [3.8, 4) is 6.19 Å². The van der Waals surface area contributed by atoms with Gasteiger partial charge in [0.1, 0.15) is 6.34 Å². The van der Waals surface area contributed by atoms with Gasteiger partial charge in [-0.2, -0.15) is 10.3 Å². The highest BCUT2D eigenvalue weighted by Crippen LogP contribution is 2.33. The summed E-state index contributed by atoms with van der Waals surface area (Å²) in [5.74, 6) is 1.70. The van der Waals surface area contributed by atoms with E-state index in [1.807, 2.05) is 6.19 Å². The second-order valence-corrected chi connectivity index (χ2v) is 4.19. The normalized spacial score (nSPS) is 33.3. The summed E-state index contributed by atoms with van der Waals surface area (Å²) in [6.45, 7) is 2.23. The molecule has 0 aromatic heterocycles. The molecule has 3 fully saturated rings. The fourth-order valence-electron chi connectivity index (χ4n) is 2.54. The monoisotopic (exact) mass is 177 g/mol. The number of hydrogen-bond acceptors (Lipinski definition) is 2. The molecule has 0 atom stereocenters. The van der Waals surface area contributed by atoms with Gasteiger partial charge in [0.2, 0.25) is 6.19 Å². The van der Waals surface area contributed by atoms with Gasteiger partial charge in [0, 0.05) is 13.1 Å². The van der Waals surface area contributed by atoms with Gasteiger partial charge in [-0.3, -0.25) is 0 Å². The van der Waals surface area contributed by atoms with Crippen LogP contribution in [0.25, 0.3) is 0 Å². The van der Waals surface area contributed by atoms with E-state index in [-0.39, 0.29) is 0 Å². The summed E-state index contributed by atoms with van der Waals surface area (Å²) >= 11 is 0. The first kappa shape index (κ1) is 8.55. The third-order valence-electron chi connectivity index (χ3n) is 3.23. The van der Waals surface area contributed by atoms with E-state index in [1.54, 1.807) is 6.34 Å². The standard InChI is InChI=1S/C10H15N3/c11-7-12-8-13-5-9-1-2-10(6-13)4-3-9/h8-10H,1-6H2. The van der Waals surface area contributed by atoms with Gasteiger partial charge in [0.15, 0.2) is 0 Å². The van der Waals surface area contributed by atoms with Crippen molar-refractivity contribution in [1.82, 2.24) is 4.90 Å². The molecule has 3 rings (SSSR count). The summed E-state index contributed by atoms with van der Waals surface area (Å²) in [6, 6.07) is 0. The maximum absolute atomic E-state index is 8.34. The molecule has 1 saturated carbocycles. The van der Waals surface area contributed by atoms with E-state index >= 15 is 0 Å². The lowest BCUT2D eigenvalue weighted by atomic mass is 9.84. The van der Waals surface area contributed by atoms with Crippen LogP contribution < -0.4 is 0 Å². The number of aliphatic imine (C=N–C) groups is 1. The van der Waals surface area contributed by atoms with Crippen LogP contribution >= 0.6 is 0 Å². The third kappa shape index (κ3) is 2.00. The Morgan fingerprint density at radius 1 is 1.15 bits per heavy atom. The zero-order valence-corrected chi connectivity index (χ0v) is 7.82. The maximum Gasteiger partial charge on any atom is 0.207 e. The summed E-state index contributed by atoms with van der Waals surface area (Å²) in [5.41, 5.74) is 0. The molecule has 0 radical (unpaired) electrons. The molecule has 3 nitrogen and oxygen atoms in total. The molecule has 1 aliphatic carbocycles. The lowest BCUT2D eigenvalue weighted by Gasteiger charge is -2.20. The van der Waals surface area contributed by atoms with Gasteiger partial charge in [-0.05, 0) is 37.5 Å². The van der Waals surface area contributed by atoms with Crippen LogP contribution in [0.1, 0.15) is 25.7 Å². The lowest BCUT2D eigenvalue weighted by Crippen LogP contribution is -2.26. The van der Waals surface area contributed by atoms with Crippen molar-refractivity contribution in [3.05, 3.63) is 0 Å². The van der Waals surface area contributed by atoms with Crippen LogP contribution in [0.5, 0.6) is 0 Å². The SMILES string of the molecule is N#CN=CN1CC2CCC(CC2)C1. The molecule has 0 unspecified atom stereocenters. The smallest absolute Gasteiger partial charge is 0.207 e. The van der Waals surface area contributed by atoms with Crippen LogP contribution in [0.2, 0.25) is 0 Å². The molecular formula is C10H15N3. The van der Waals surface area contributed by atoms with Crippen molar-refractivity contribution in [2.75, 3.05) is 13.1 Å². The molecule has 2 heterocycles. The van der Waals surface area contributed by atoms with Gasteiger partial charge in [0.05, 0.1) is 0 Å². The quantitative estimate of drug-likeness (QED) is 0.347. The molecule has 3 aliphatic rings.